The van der Waals surface area contributed by atoms with Crippen LogP contribution in [0.1, 0.15) is 136 Å². The van der Waals surface area contributed by atoms with E-state index in [2.05, 4.69) is 85.4 Å². The maximum atomic E-state index is 12.1. The number of benzene rings is 1. The summed E-state index contributed by atoms with van der Waals surface area (Å²) in [6.45, 7) is 15.5. The topological polar surface area (TPSA) is 72.5 Å². The van der Waals surface area contributed by atoms with Crippen LogP contribution in [0.5, 0.6) is 5.75 Å². The molecular weight excluding hydrogens is 531 g/mol. The summed E-state index contributed by atoms with van der Waals surface area (Å²) in [5, 5.41) is 10.9. The summed E-state index contributed by atoms with van der Waals surface area (Å²) in [4.78, 5) is 12.1. The summed E-state index contributed by atoms with van der Waals surface area (Å²) in [6.07, 6.45) is 14.2. The predicted molar refractivity (Wildman–Crippen MR) is 175 cm³/mol. The number of rotatable bonds is 16. The maximum Gasteiger partial charge on any atom is 0.315 e. The van der Waals surface area contributed by atoms with Crippen LogP contribution in [0, 0.1) is 0 Å². The van der Waals surface area contributed by atoms with E-state index in [1.165, 1.54) is 57.8 Å². The number of thioether (sulfide) groups is 1. The second kappa shape index (κ2) is 20.0. The number of hydrogen-bond acceptors (Lipinski definition) is 5. The number of esters is 1. The quantitative estimate of drug-likeness (QED) is 0.0777. The predicted octanol–water partition coefficient (Wildman–Crippen LogP) is 9.23. The van der Waals surface area contributed by atoms with Crippen molar-refractivity contribution in [1.82, 2.24) is 0 Å². The summed E-state index contributed by atoms with van der Waals surface area (Å²) >= 11 is 9.24. The lowest BCUT2D eigenvalue weighted by atomic mass is 9.78. The fourth-order valence-electron chi connectivity index (χ4n) is 4.17. The van der Waals surface area contributed by atoms with Crippen molar-refractivity contribution in [3.63, 3.8) is 0 Å². The van der Waals surface area contributed by atoms with Crippen molar-refractivity contribution in [2.75, 3.05) is 12.4 Å². The molecule has 1 aromatic carbocycles. The molecule has 0 saturated heterocycles. The molecule has 220 valence electrons. The Hall–Kier alpha value is -0.920. The lowest BCUT2D eigenvalue weighted by molar-refractivity contribution is -0.140. The number of aromatic hydroxyl groups is 1. The second-order valence-corrected chi connectivity index (χ2v) is 14.3. The zero-order chi connectivity index (χ0) is 29.2. The molecular formula is C31H55NO3S3. The van der Waals surface area contributed by atoms with Gasteiger partial charge < -0.3 is 15.6 Å². The van der Waals surface area contributed by atoms with Gasteiger partial charge in [0.25, 0.3) is 0 Å². The van der Waals surface area contributed by atoms with Crippen LogP contribution < -0.4 is 5.73 Å². The van der Waals surface area contributed by atoms with Gasteiger partial charge in [-0.1, -0.05) is 137 Å². The van der Waals surface area contributed by atoms with Crippen LogP contribution in [0.15, 0.2) is 12.1 Å². The molecule has 0 bridgehead atoms. The van der Waals surface area contributed by atoms with E-state index in [4.69, 9.17) is 10.5 Å². The lowest BCUT2D eigenvalue weighted by Gasteiger charge is -2.28. The standard InChI is InChI=1S/C30H52O3S.CH3NS2/c1-8-9-10-11-12-13-14-15-16-17-18-19-33-27(31)23-34-22-24-20-25(29(2,3)4)28(32)26(21-24)30(5,6)7;2-1(3)4/h20-21,32H,8-19,22-23H2,1-7H3;(H3,2,3,4). The molecule has 0 aliphatic heterocycles. The van der Waals surface area contributed by atoms with Gasteiger partial charge in [0.1, 0.15) is 10.1 Å². The van der Waals surface area contributed by atoms with Crippen molar-refractivity contribution < 1.29 is 14.6 Å². The van der Waals surface area contributed by atoms with Gasteiger partial charge >= 0.3 is 5.97 Å². The van der Waals surface area contributed by atoms with Crippen molar-refractivity contribution in [3.8, 4) is 5.75 Å². The molecule has 4 nitrogen and oxygen atoms in total. The zero-order valence-corrected chi connectivity index (χ0v) is 27.7. The number of thiol groups is 1. The van der Waals surface area contributed by atoms with Crippen molar-refractivity contribution >= 4 is 46.9 Å². The highest BCUT2D eigenvalue weighted by atomic mass is 32.2. The summed E-state index contributed by atoms with van der Waals surface area (Å²) < 4.78 is 5.63. The van der Waals surface area contributed by atoms with E-state index in [0.29, 0.717) is 18.1 Å². The molecule has 7 heteroatoms. The first-order valence-corrected chi connectivity index (χ1v) is 16.3. The van der Waals surface area contributed by atoms with Crippen LogP contribution >= 0.6 is 36.6 Å². The number of nitrogens with two attached hydrogens (primary N) is 1. The average Bonchev–Trinajstić information content (AvgIpc) is 2.78. The van der Waals surface area contributed by atoms with Gasteiger partial charge in [-0.05, 0) is 33.9 Å². The number of unbranched alkanes of at least 4 members (excludes halogenated alkanes) is 10. The minimum atomic E-state index is -0.141. The van der Waals surface area contributed by atoms with Crippen molar-refractivity contribution in [2.24, 2.45) is 5.73 Å². The number of thiocarbonyl (C=S) groups is 1. The molecule has 0 atom stereocenters. The largest absolute Gasteiger partial charge is 0.507 e. The van der Waals surface area contributed by atoms with Crippen LogP contribution in [-0.2, 0) is 26.1 Å². The monoisotopic (exact) mass is 585 g/mol. The highest BCUT2D eigenvalue weighted by Gasteiger charge is 2.26. The molecule has 0 aliphatic carbocycles. The molecule has 0 spiro atoms. The number of phenols is 1. The third-order valence-electron chi connectivity index (χ3n) is 6.29. The molecule has 0 radical (unpaired) electrons. The Morgan fingerprint density at radius 1 is 0.895 bits per heavy atom. The van der Waals surface area contributed by atoms with Crippen molar-refractivity contribution in [1.29, 1.82) is 0 Å². The lowest BCUT2D eigenvalue weighted by Crippen LogP contribution is -2.18. The highest BCUT2D eigenvalue weighted by Crippen LogP contribution is 2.40. The van der Waals surface area contributed by atoms with E-state index in [1.807, 2.05) is 0 Å². The first-order valence-electron chi connectivity index (χ1n) is 14.3. The molecule has 1 aromatic rings. The molecule has 3 N–H and O–H groups in total. The molecule has 0 aromatic heterocycles. The van der Waals surface area contributed by atoms with Crippen molar-refractivity contribution in [2.45, 2.75) is 136 Å². The molecule has 0 saturated carbocycles. The number of phenolic OH excluding ortho intramolecular Hbond substituents is 1. The average molecular weight is 586 g/mol. The zero-order valence-electron chi connectivity index (χ0n) is 25.2. The minimum absolute atomic E-state index is 0.122. The molecule has 0 unspecified atom stereocenters. The molecule has 0 aliphatic rings. The Balaban J connectivity index is 0.00000318. The fourth-order valence-corrected chi connectivity index (χ4v) is 4.92. The molecule has 0 heterocycles. The number of hydrogen-bond donors (Lipinski definition) is 3. The van der Waals surface area contributed by atoms with Crippen LogP contribution in [-0.4, -0.2) is 27.8 Å². The van der Waals surface area contributed by atoms with Crippen LogP contribution in [0.2, 0.25) is 0 Å². The summed E-state index contributed by atoms with van der Waals surface area (Å²) in [5.74, 6) is 1.39. The van der Waals surface area contributed by atoms with Gasteiger partial charge in [0.05, 0.1) is 12.4 Å². The summed E-state index contributed by atoms with van der Waals surface area (Å²) in [5.41, 5.74) is 7.51. The third-order valence-corrected chi connectivity index (χ3v) is 7.26. The SMILES string of the molecule is CCCCCCCCCCCCCOC(=O)CSCc1cc(C(C)(C)C)c(O)c(C(C)(C)C)c1.NC(=S)S. The van der Waals surface area contributed by atoms with Gasteiger partial charge in [0.15, 0.2) is 0 Å². The summed E-state index contributed by atoms with van der Waals surface area (Å²) in [6, 6.07) is 4.18. The third kappa shape index (κ3) is 18.4. The smallest absolute Gasteiger partial charge is 0.315 e. The van der Waals surface area contributed by atoms with E-state index >= 15 is 0 Å². The van der Waals surface area contributed by atoms with E-state index in [1.54, 1.807) is 11.8 Å². The highest BCUT2D eigenvalue weighted by molar-refractivity contribution is 8.10. The first-order chi connectivity index (χ1) is 17.7. The van der Waals surface area contributed by atoms with E-state index in [-0.39, 0.29) is 21.1 Å². The normalized spacial score (nSPS) is 11.6. The first kappa shape index (κ1) is 37.1. The fraction of sp³-hybridized carbons (Fsp3) is 0.742. The van der Waals surface area contributed by atoms with Gasteiger partial charge in [-0.2, -0.15) is 0 Å². The molecule has 0 fully saturated rings. The summed E-state index contributed by atoms with van der Waals surface area (Å²) in [7, 11) is 0. The Labute approximate surface area is 249 Å². The number of carbonyl (C=O) groups is 1. The van der Waals surface area contributed by atoms with E-state index in [0.717, 1.165) is 35.3 Å². The van der Waals surface area contributed by atoms with Gasteiger partial charge in [0, 0.05) is 5.75 Å². The minimum Gasteiger partial charge on any atom is -0.507 e. The van der Waals surface area contributed by atoms with E-state index < -0.39 is 0 Å². The maximum absolute atomic E-state index is 12.1. The van der Waals surface area contributed by atoms with Crippen LogP contribution in [0.25, 0.3) is 0 Å². The van der Waals surface area contributed by atoms with Gasteiger partial charge in [-0.3, -0.25) is 4.79 Å². The number of ether oxygens (including phenoxy) is 1. The molecule has 38 heavy (non-hydrogen) atoms. The Morgan fingerprint density at radius 2 is 1.29 bits per heavy atom. The number of carbonyl (C=O) groups excluding carboxylic acids is 1. The Morgan fingerprint density at radius 3 is 1.68 bits per heavy atom. The van der Waals surface area contributed by atoms with Gasteiger partial charge in [-0.15, -0.1) is 24.4 Å². The van der Waals surface area contributed by atoms with Crippen LogP contribution in [0.4, 0.5) is 0 Å². The van der Waals surface area contributed by atoms with Gasteiger partial charge in [0.2, 0.25) is 0 Å². The van der Waals surface area contributed by atoms with Gasteiger partial charge in [-0.25, -0.2) is 0 Å². The molecule has 1 rings (SSSR count). The van der Waals surface area contributed by atoms with Crippen LogP contribution in [0.3, 0.4) is 0 Å². The van der Waals surface area contributed by atoms with E-state index in [9.17, 15) is 9.90 Å². The molecule has 0 amide bonds. The Bertz CT molecular complexity index is 775. The second-order valence-electron chi connectivity index (χ2n) is 12.1. The Kier molecular flexibility index (Phi) is 19.5. The van der Waals surface area contributed by atoms with Crippen molar-refractivity contribution in [3.05, 3.63) is 28.8 Å².